The number of fused-ring (bicyclic) bond motifs is 1. The zero-order valence-corrected chi connectivity index (χ0v) is 10.3. The zero-order valence-electron chi connectivity index (χ0n) is 10.3. The average Bonchev–Trinajstić information content (AvgIpc) is 2.61. The van der Waals surface area contributed by atoms with Gasteiger partial charge < -0.3 is 10.3 Å². The van der Waals surface area contributed by atoms with Crippen LogP contribution in [0.2, 0.25) is 0 Å². The third kappa shape index (κ3) is 2.44. The second kappa shape index (κ2) is 4.97. The summed E-state index contributed by atoms with van der Waals surface area (Å²) in [7, 11) is 0. The highest BCUT2D eigenvalue weighted by molar-refractivity contribution is 5.15. The van der Waals surface area contributed by atoms with Gasteiger partial charge in [-0.2, -0.15) is 0 Å². The first-order valence-electron chi connectivity index (χ1n) is 6.16. The molecular weight excluding hydrogens is 200 g/mol. The smallest absolute Gasteiger partial charge is 0.0952 e. The molecule has 0 aromatic carbocycles. The number of rotatable bonds is 4. The molecule has 0 bridgehead atoms. The lowest BCUT2D eigenvalue weighted by Gasteiger charge is -2.29. The van der Waals surface area contributed by atoms with Gasteiger partial charge in [0.1, 0.15) is 0 Å². The van der Waals surface area contributed by atoms with E-state index < -0.39 is 0 Å². The number of imidazole rings is 1. The van der Waals surface area contributed by atoms with Crippen LogP contribution in [0.25, 0.3) is 0 Å². The van der Waals surface area contributed by atoms with Crippen molar-refractivity contribution in [1.29, 1.82) is 0 Å². The molecule has 0 saturated heterocycles. The third-order valence-electron chi connectivity index (χ3n) is 3.07. The molecule has 1 aliphatic heterocycles. The van der Waals surface area contributed by atoms with Crippen LogP contribution in [0.5, 0.6) is 0 Å². The summed E-state index contributed by atoms with van der Waals surface area (Å²) < 4.78 is 2.28. The molecule has 0 saturated carbocycles. The van der Waals surface area contributed by atoms with Crippen molar-refractivity contribution in [3.63, 3.8) is 0 Å². The number of nitrogens with zero attached hydrogens (tertiary/aromatic N) is 3. The first-order chi connectivity index (χ1) is 7.70. The molecule has 0 unspecified atom stereocenters. The summed E-state index contributed by atoms with van der Waals surface area (Å²) in [5, 5.41) is 0. The summed E-state index contributed by atoms with van der Waals surface area (Å²) in [4.78, 5) is 6.97. The lowest BCUT2D eigenvalue weighted by atomic mass is 10.1. The molecular formula is C12H22N4. The summed E-state index contributed by atoms with van der Waals surface area (Å²) in [6.45, 7) is 9.65. The van der Waals surface area contributed by atoms with Gasteiger partial charge in [-0.25, -0.2) is 4.98 Å². The summed E-state index contributed by atoms with van der Waals surface area (Å²) in [6, 6.07) is 0. The normalized spacial score (nSPS) is 16.8. The maximum atomic E-state index is 5.61. The second-order valence-electron chi connectivity index (χ2n) is 5.00. The monoisotopic (exact) mass is 222 g/mol. The van der Waals surface area contributed by atoms with Crippen LogP contribution < -0.4 is 5.73 Å². The minimum absolute atomic E-state index is 0.689. The van der Waals surface area contributed by atoms with Crippen LogP contribution in [0.1, 0.15) is 25.2 Å². The quantitative estimate of drug-likeness (QED) is 0.822. The summed E-state index contributed by atoms with van der Waals surface area (Å²) in [6.07, 6.45) is 2.87. The van der Waals surface area contributed by atoms with Crippen LogP contribution in [-0.2, 0) is 19.5 Å². The SMILES string of the molecule is CC(C)CN1CCn2cnc(CCN)c2C1. The van der Waals surface area contributed by atoms with Crippen molar-refractivity contribution in [2.75, 3.05) is 19.6 Å². The van der Waals surface area contributed by atoms with E-state index in [0.717, 1.165) is 32.0 Å². The topological polar surface area (TPSA) is 47.1 Å². The lowest BCUT2D eigenvalue weighted by molar-refractivity contribution is 0.198. The molecule has 1 aromatic rings. The van der Waals surface area contributed by atoms with Crippen molar-refractivity contribution in [3.8, 4) is 0 Å². The molecule has 1 aromatic heterocycles. The standard InChI is InChI=1S/C12H22N4/c1-10(2)7-15-5-6-16-9-14-11(3-4-13)12(16)8-15/h9-10H,3-8,13H2,1-2H3. The highest BCUT2D eigenvalue weighted by Gasteiger charge is 2.19. The Labute approximate surface area is 97.4 Å². The molecule has 0 atom stereocenters. The Morgan fingerprint density at radius 2 is 2.25 bits per heavy atom. The highest BCUT2D eigenvalue weighted by Crippen LogP contribution is 2.17. The minimum Gasteiger partial charge on any atom is -0.332 e. The van der Waals surface area contributed by atoms with Gasteiger partial charge >= 0.3 is 0 Å². The van der Waals surface area contributed by atoms with Crippen LogP contribution in [-0.4, -0.2) is 34.1 Å². The molecule has 1 aliphatic rings. The Morgan fingerprint density at radius 3 is 2.94 bits per heavy atom. The number of hydrogen-bond donors (Lipinski definition) is 1. The molecule has 4 nitrogen and oxygen atoms in total. The minimum atomic E-state index is 0.689. The molecule has 0 aliphatic carbocycles. The van der Waals surface area contributed by atoms with E-state index in [1.54, 1.807) is 0 Å². The van der Waals surface area contributed by atoms with Crippen molar-refractivity contribution >= 4 is 0 Å². The van der Waals surface area contributed by atoms with Gasteiger partial charge in [-0.1, -0.05) is 13.8 Å². The van der Waals surface area contributed by atoms with Gasteiger partial charge in [0.05, 0.1) is 17.7 Å². The Bertz CT molecular complexity index is 343. The molecule has 2 rings (SSSR count). The molecule has 2 heterocycles. The molecule has 16 heavy (non-hydrogen) atoms. The highest BCUT2D eigenvalue weighted by atomic mass is 15.2. The van der Waals surface area contributed by atoms with Crippen molar-refractivity contribution in [3.05, 3.63) is 17.7 Å². The Morgan fingerprint density at radius 1 is 1.44 bits per heavy atom. The fraction of sp³-hybridized carbons (Fsp3) is 0.750. The van der Waals surface area contributed by atoms with Crippen LogP contribution in [0.4, 0.5) is 0 Å². The van der Waals surface area contributed by atoms with E-state index in [1.165, 1.54) is 17.9 Å². The molecule has 0 radical (unpaired) electrons. The van der Waals surface area contributed by atoms with Crippen molar-refractivity contribution in [2.45, 2.75) is 33.4 Å². The Hall–Kier alpha value is -0.870. The van der Waals surface area contributed by atoms with Gasteiger partial charge in [-0.05, 0) is 12.5 Å². The lowest BCUT2D eigenvalue weighted by Crippen LogP contribution is -2.36. The van der Waals surface area contributed by atoms with Gasteiger partial charge in [0.25, 0.3) is 0 Å². The number of aromatic nitrogens is 2. The summed E-state index contributed by atoms with van der Waals surface area (Å²) in [5.41, 5.74) is 8.17. The third-order valence-corrected chi connectivity index (χ3v) is 3.07. The van der Waals surface area contributed by atoms with E-state index in [-0.39, 0.29) is 0 Å². The van der Waals surface area contributed by atoms with Gasteiger partial charge in [0.15, 0.2) is 0 Å². The number of nitrogens with two attached hydrogens (primary N) is 1. The number of hydrogen-bond acceptors (Lipinski definition) is 3. The van der Waals surface area contributed by atoms with Gasteiger partial charge in [0, 0.05) is 32.6 Å². The van der Waals surface area contributed by atoms with Gasteiger partial charge in [0.2, 0.25) is 0 Å². The molecule has 4 heteroatoms. The fourth-order valence-corrected chi connectivity index (χ4v) is 2.38. The maximum absolute atomic E-state index is 5.61. The van der Waals surface area contributed by atoms with E-state index in [9.17, 15) is 0 Å². The predicted molar refractivity (Wildman–Crippen MR) is 65.1 cm³/mol. The van der Waals surface area contributed by atoms with Crippen LogP contribution in [0.15, 0.2) is 6.33 Å². The van der Waals surface area contributed by atoms with Crippen molar-refractivity contribution in [2.24, 2.45) is 11.7 Å². The van der Waals surface area contributed by atoms with Crippen LogP contribution >= 0.6 is 0 Å². The Balaban J connectivity index is 2.08. The molecule has 2 N–H and O–H groups in total. The van der Waals surface area contributed by atoms with E-state index in [4.69, 9.17) is 5.73 Å². The molecule has 90 valence electrons. The zero-order chi connectivity index (χ0) is 11.5. The van der Waals surface area contributed by atoms with E-state index in [0.29, 0.717) is 6.54 Å². The fourth-order valence-electron chi connectivity index (χ4n) is 2.38. The Kier molecular flexibility index (Phi) is 3.61. The molecule has 0 fully saturated rings. The van der Waals surface area contributed by atoms with Gasteiger partial charge in [-0.3, -0.25) is 4.90 Å². The van der Waals surface area contributed by atoms with E-state index in [1.807, 2.05) is 6.33 Å². The molecule has 0 spiro atoms. The first-order valence-corrected chi connectivity index (χ1v) is 6.16. The van der Waals surface area contributed by atoms with Crippen molar-refractivity contribution in [1.82, 2.24) is 14.5 Å². The summed E-state index contributed by atoms with van der Waals surface area (Å²) >= 11 is 0. The largest absolute Gasteiger partial charge is 0.332 e. The predicted octanol–water partition coefficient (Wildman–Crippen LogP) is 0.856. The van der Waals surface area contributed by atoms with Gasteiger partial charge in [-0.15, -0.1) is 0 Å². The summed E-state index contributed by atoms with van der Waals surface area (Å²) in [5.74, 6) is 0.729. The second-order valence-corrected chi connectivity index (χ2v) is 5.00. The maximum Gasteiger partial charge on any atom is 0.0952 e. The average molecular weight is 222 g/mol. The molecule has 0 amide bonds. The van der Waals surface area contributed by atoms with E-state index in [2.05, 4.69) is 28.3 Å². The van der Waals surface area contributed by atoms with E-state index >= 15 is 0 Å². The van der Waals surface area contributed by atoms with Crippen LogP contribution in [0, 0.1) is 5.92 Å². The van der Waals surface area contributed by atoms with Crippen molar-refractivity contribution < 1.29 is 0 Å². The van der Waals surface area contributed by atoms with Crippen LogP contribution in [0.3, 0.4) is 0 Å². The first kappa shape index (κ1) is 11.6.